The van der Waals surface area contributed by atoms with Crippen molar-refractivity contribution in [2.75, 3.05) is 0 Å². The van der Waals surface area contributed by atoms with Crippen LogP contribution >= 0.6 is 0 Å². The highest BCUT2D eigenvalue weighted by Gasteiger charge is 2.15. The number of aromatic nitrogens is 4. The molecule has 0 atom stereocenters. The highest BCUT2D eigenvalue weighted by atomic mass is 16.1. The normalized spacial score (nSPS) is 10.4. The summed E-state index contributed by atoms with van der Waals surface area (Å²) in [6.07, 6.45) is 3.20. The Morgan fingerprint density at radius 2 is 1.50 bits per heavy atom. The number of hydrogen-bond donors (Lipinski definition) is 0. The lowest BCUT2D eigenvalue weighted by Crippen LogP contribution is -2.12. The molecule has 2 rings (SSSR count). The molecule has 0 aliphatic carbocycles. The van der Waals surface area contributed by atoms with Crippen LogP contribution in [0.5, 0.6) is 0 Å². The Hall–Kier alpha value is -1.91. The van der Waals surface area contributed by atoms with Gasteiger partial charge in [-0.1, -0.05) is 0 Å². The second-order valence-electron chi connectivity index (χ2n) is 3.01. The second kappa shape index (κ2) is 3.10. The summed E-state index contributed by atoms with van der Waals surface area (Å²) in [6, 6.07) is 3.38. The molecule has 72 valence electrons. The predicted octanol–water partition coefficient (Wildman–Crippen LogP) is 0.385. The molecule has 2 aromatic rings. The molecule has 5 nitrogen and oxygen atoms in total. The monoisotopic (exact) mass is 190 g/mol. The van der Waals surface area contributed by atoms with Gasteiger partial charge in [-0.25, -0.2) is 0 Å². The third-order valence-electron chi connectivity index (χ3n) is 2.11. The zero-order valence-corrected chi connectivity index (χ0v) is 8.01. The number of carbonyl (C=O) groups excluding carboxylic acids is 1. The van der Waals surface area contributed by atoms with Gasteiger partial charge in [0.05, 0.1) is 0 Å². The van der Waals surface area contributed by atoms with E-state index in [4.69, 9.17) is 0 Å². The van der Waals surface area contributed by atoms with Crippen molar-refractivity contribution in [2.24, 2.45) is 14.1 Å². The molecule has 0 saturated heterocycles. The van der Waals surface area contributed by atoms with Crippen molar-refractivity contribution in [3.8, 4) is 0 Å². The van der Waals surface area contributed by atoms with Gasteiger partial charge in [-0.15, -0.1) is 0 Å². The molecule has 0 aromatic carbocycles. The van der Waals surface area contributed by atoms with Gasteiger partial charge >= 0.3 is 0 Å². The lowest BCUT2D eigenvalue weighted by atomic mass is 10.2. The number of ketones is 1. The minimum Gasteiger partial charge on any atom is -0.285 e. The summed E-state index contributed by atoms with van der Waals surface area (Å²) in [6.45, 7) is 0. The molecule has 0 radical (unpaired) electrons. The fourth-order valence-corrected chi connectivity index (χ4v) is 1.32. The molecule has 0 N–H and O–H groups in total. The Balaban J connectivity index is 2.44. The van der Waals surface area contributed by atoms with E-state index in [0.29, 0.717) is 11.4 Å². The third kappa shape index (κ3) is 1.22. The lowest BCUT2D eigenvalue weighted by molar-refractivity contribution is 0.102. The van der Waals surface area contributed by atoms with Crippen molar-refractivity contribution in [3.05, 3.63) is 35.9 Å². The summed E-state index contributed by atoms with van der Waals surface area (Å²) < 4.78 is 3.10. The van der Waals surface area contributed by atoms with Crippen LogP contribution < -0.4 is 0 Å². The van der Waals surface area contributed by atoms with Gasteiger partial charge in [-0.3, -0.25) is 14.2 Å². The van der Waals surface area contributed by atoms with E-state index in [1.54, 1.807) is 48.0 Å². The van der Waals surface area contributed by atoms with E-state index in [0.717, 1.165) is 0 Å². The Kier molecular flexibility index (Phi) is 1.92. The Morgan fingerprint density at radius 3 is 1.79 bits per heavy atom. The Morgan fingerprint density at radius 1 is 1.07 bits per heavy atom. The molecule has 0 aliphatic heterocycles. The Bertz CT molecular complexity index is 426. The fourth-order valence-electron chi connectivity index (χ4n) is 1.32. The van der Waals surface area contributed by atoms with Gasteiger partial charge in [0.15, 0.2) is 0 Å². The van der Waals surface area contributed by atoms with Gasteiger partial charge in [0.2, 0.25) is 5.78 Å². The molecule has 0 spiro atoms. The number of rotatable bonds is 2. The van der Waals surface area contributed by atoms with E-state index in [9.17, 15) is 4.79 Å². The van der Waals surface area contributed by atoms with Crippen LogP contribution in [0.3, 0.4) is 0 Å². The van der Waals surface area contributed by atoms with Gasteiger partial charge in [-0.2, -0.15) is 10.2 Å². The zero-order chi connectivity index (χ0) is 10.1. The maximum absolute atomic E-state index is 11.9. The molecule has 0 bridgehead atoms. The molecule has 0 aliphatic rings. The van der Waals surface area contributed by atoms with Gasteiger partial charge in [-0.05, 0) is 12.1 Å². The average Bonchev–Trinajstić information content (AvgIpc) is 2.73. The molecular formula is C9H10N4O. The summed E-state index contributed by atoms with van der Waals surface area (Å²) in [5, 5.41) is 7.89. The van der Waals surface area contributed by atoms with Crippen LogP contribution in [0.2, 0.25) is 0 Å². The molecule has 2 aromatic heterocycles. The standard InChI is InChI=1S/C9H10N4O/c1-12-7(3-5-10-12)9(14)8-4-6-11-13(8)2/h3-6H,1-2H3. The van der Waals surface area contributed by atoms with Crippen molar-refractivity contribution in [2.45, 2.75) is 0 Å². The van der Waals surface area contributed by atoms with Crippen LogP contribution in [0.25, 0.3) is 0 Å². The van der Waals surface area contributed by atoms with E-state index >= 15 is 0 Å². The number of carbonyl (C=O) groups is 1. The first-order valence-electron chi connectivity index (χ1n) is 4.21. The molecule has 0 amide bonds. The van der Waals surface area contributed by atoms with Gasteiger partial charge < -0.3 is 0 Å². The maximum atomic E-state index is 11.9. The smallest absolute Gasteiger partial charge is 0.228 e. The van der Waals surface area contributed by atoms with Crippen LogP contribution in [0.15, 0.2) is 24.5 Å². The summed E-state index contributed by atoms with van der Waals surface area (Å²) >= 11 is 0. The predicted molar refractivity (Wildman–Crippen MR) is 49.8 cm³/mol. The summed E-state index contributed by atoms with van der Waals surface area (Å²) in [5.41, 5.74) is 1.13. The van der Waals surface area contributed by atoms with Crippen molar-refractivity contribution < 1.29 is 4.79 Å². The quantitative estimate of drug-likeness (QED) is 0.643. The SMILES string of the molecule is Cn1nccc1C(=O)c1ccnn1C. The average molecular weight is 190 g/mol. The maximum Gasteiger partial charge on any atom is 0.228 e. The lowest BCUT2D eigenvalue weighted by Gasteiger charge is -2.00. The van der Waals surface area contributed by atoms with E-state index in [-0.39, 0.29) is 5.78 Å². The van der Waals surface area contributed by atoms with Crippen LogP contribution in [0.1, 0.15) is 16.2 Å². The minimum atomic E-state index is -0.0648. The molecule has 0 unspecified atom stereocenters. The summed E-state index contributed by atoms with van der Waals surface area (Å²) in [5.74, 6) is -0.0648. The van der Waals surface area contributed by atoms with Crippen molar-refractivity contribution in [1.29, 1.82) is 0 Å². The summed E-state index contributed by atoms with van der Waals surface area (Å²) in [4.78, 5) is 11.9. The van der Waals surface area contributed by atoms with E-state index in [1.165, 1.54) is 0 Å². The molecule has 2 heterocycles. The first-order valence-corrected chi connectivity index (χ1v) is 4.21. The van der Waals surface area contributed by atoms with Crippen LogP contribution in [0.4, 0.5) is 0 Å². The van der Waals surface area contributed by atoms with Crippen molar-refractivity contribution in [1.82, 2.24) is 19.6 Å². The van der Waals surface area contributed by atoms with Gasteiger partial charge in [0.25, 0.3) is 0 Å². The first kappa shape index (κ1) is 8.68. The van der Waals surface area contributed by atoms with Gasteiger partial charge in [0.1, 0.15) is 11.4 Å². The number of nitrogens with zero attached hydrogens (tertiary/aromatic N) is 4. The van der Waals surface area contributed by atoms with Gasteiger partial charge in [0, 0.05) is 26.5 Å². The van der Waals surface area contributed by atoms with Crippen LogP contribution in [-0.4, -0.2) is 25.3 Å². The topological polar surface area (TPSA) is 52.7 Å². The number of aryl methyl sites for hydroxylation is 2. The highest BCUT2D eigenvalue weighted by molar-refractivity contribution is 6.06. The largest absolute Gasteiger partial charge is 0.285 e. The molecule has 0 fully saturated rings. The minimum absolute atomic E-state index is 0.0648. The first-order chi connectivity index (χ1) is 6.70. The van der Waals surface area contributed by atoms with Crippen molar-refractivity contribution in [3.63, 3.8) is 0 Å². The summed E-state index contributed by atoms with van der Waals surface area (Å²) in [7, 11) is 3.48. The van der Waals surface area contributed by atoms with Crippen LogP contribution in [0, 0.1) is 0 Å². The van der Waals surface area contributed by atoms with E-state index in [1.807, 2.05) is 0 Å². The van der Waals surface area contributed by atoms with Crippen LogP contribution in [-0.2, 0) is 14.1 Å². The third-order valence-corrected chi connectivity index (χ3v) is 2.11. The Labute approximate surface area is 81.0 Å². The number of hydrogen-bond acceptors (Lipinski definition) is 3. The molecule has 5 heteroatoms. The van der Waals surface area contributed by atoms with E-state index < -0.39 is 0 Å². The highest BCUT2D eigenvalue weighted by Crippen LogP contribution is 2.06. The second-order valence-corrected chi connectivity index (χ2v) is 3.01. The molecule has 14 heavy (non-hydrogen) atoms. The zero-order valence-electron chi connectivity index (χ0n) is 8.01. The van der Waals surface area contributed by atoms with E-state index in [2.05, 4.69) is 10.2 Å². The fraction of sp³-hybridized carbons (Fsp3) is 0.222. The van der Waals surface area contributed by atoms with Crippen molar-refractivity contribution >= 4 is 5.78 Å². The molecule has 0 saturated carbocycles. The molecular weight excluding hydrogens is 180 g/mol.